The Hall–Kier alpha value is -0.120. The molecule has 1 aliphatic carbocycles. The number of aliphatic hydroxyl groups is 1. The molecule has 0 bridgehead atoms. The molecule has 0 aliphatic heterocycles. The van der Waals surface area contributed by atoms with Gasteiger partial charge in [-0.2, -0.15) is 0 Å². The van der Waals surface area contributed by atoms with Crippen molar-refractivity contribution in [3.8, 4) is 0 Å². The maximum absolute atomic E-state index is 10.4. The Morgan fingerprint density at radius 2 is 1.95 bits per heavy atom. The molecule has 114 valence electrons. The highest BCUT2D eigenvalue weighted by Gasteiger charge is 2.38. The van der Waals surface area contributed by atoms with Crippen LogP contribution in [0.5, 0.6) is 0 Å². The van der Waals surface area contributed by atoms with Crippen LogP contribution in [0.1, 0.15) is 59.8 Å². The van der Waals surface area contributed by atoms with Crippen molar-refractivity contribution < 1.29 is 9.84 Å². The SMILES string of the molecule is CCC(CC)N(CCOC)C1CC(C)(C)CCC1O. The maximum atomic E-state index is 10.4. The fraction of sp³-hybridized carbons (Fsp3) is 1.00. The molecule has 0 saturated heterocycles. The number of nitrogens with zero attached hydrogens (tertiary/aromatic N) is 1. The summed E-state index contributed by atoms with van der Waals surface area (Å²) in [6.07, 6.45) is 5.26. The molecule has 0 aromatic rings. The predicted molar refractivity (Wildman–Crippen MR) is 80.4 cm³/mol. The lowest BCUT2D eigenvalue weighted by Gasteiger charge is -2.46. The highest BCUT2D eigenvalue weighted by atomic mass is 16.5. The van der Waals surface area contributed by atoms with Gasteiger partial charge in [0.2, 0.25) is 0 Å². The van der Waals surface area contributed by atoms with Crippen molar-refractivity contribution in [2.75, 3.05) is 20.3 Å². The molecule has 19 heavy (non-hydrogen) atoms. The predicted octanol–water partition coefficient (Wildman–Crippen LogP) is 3.06. The summed E-state index contributed by atoms with van der Waals surface area (Å²) in [6, 6.07) is 0.854. The van der Waals surface area contributed by atoms with Gasteiger partial charge < -0.3 is 9.84 Å². The second kappa shape index (κ2) is 7.61. The van der Waals surface area contributed by atoms with E-state index in [0.717, 1.165) is 45.3 Å². The van der Waals surface area contributed by atoms with Crippen LogP contribution < -0.4 is 0 Å². The monoisotopic (exact) mass is 271 g/mol. The molecule has 2 atom stereocenters. The second-order valence-electron chi connectivity index (χ2n) is 6.74. The smallest absolute Gasteiger partial charge is 0.0695 e. The van der Waals surface area contributed by atoms with Crippen LogP contribution in [0.3, 0.4) is 0 Å². The molecule has 0 radical (unpaired) electrons. The molecule has 2 unspecified atom stereocenters. The number of ether oxygens (including phenoxy) is 1. The van der Waals surface area contributed by atoms with E-state index in [1.54, 1.807) is 7.11 Å². The third-order valence-electron chi connectivity index (χ3n) is 4.71. The average Bonchev–Trinajstić information content (AvgIpc) is 2.38. The van der Waals surface area contributed by atoms with E-state index in [9.17, 15) is 5.11 Å². The summed E-state index contributed by atoms with van der Waals surface area (Å²) in [5, 5.41) is 10.4. The Kier molecular flexibility index (Phi) is 6.78. The van der Waals surface area contributed by atoms with Crippen molar-refractivity contribution in [3.63, 3.8) is 0 Å². The number of hydrogen-bond acceptors (Lipinski definition) is 3. The third-order valence-corrected chi connectivity index (χ3v) is 4.71. The number of aliphatic hydroxyl groups excluding tert-OH is 1. The van der Waals surface area contributed by atoms with E-state index >= 15 is 0 Å². The zero-order valence-electron chi connectivity index (χ0n) is 13.5. The minimum atomic E-state index is -0.175. The van der Waals surface area contributed by atoms with Crippen molar-refractivity contribution >= 4 is 0 Å². The molecule has 1 N–H and O–H groups in total. The Morgan fingerprint density at radius 1 is 1.32 bits per heavy atom. The van der Waals surface area contributed by atoms with Crippen LogP contribution in [0, 0.1) is 5.41 Å². The molecule has 3 nitrogen and oxygen atoms in total. The van der Waals surface area contributed by atoms with E-state index in [-0.39, 0.29) is 6.10 Å². The number of methoxy groups -OCH3 is 1. The zero-order valence-corrected chi connectivity index (χ0v) is 13.5. The van der Waals surface area contributed by atoms with E-state index < -0.39 is 0 Å². The summed E-state index contributed by atoms with van der Waals surface area (Å²) < 4.78 is 5.27. The Balaban J connectivity index is 2.81. The summed E-state index contributed by atoms with van der Waals surface area (Å²) >= 11 is 0. The molecule has 0 heterocycles. The first-order chi connectivity index (χ1) is 8.95. The number of hydrogen-bond donors (Lipinski definition) is 1. The van der Waals surface area contributed by atoms with Crippen molar-refractivity contribution in [2.24, 2.45) is 5.41 Å². The van der Waals surface area contributed by atoms with Crippen molar-refractivity contribution in [1.82, 2.24) is 4.90 Å². The van der Waals surface area contributed by atoms with Crippen LogP contribution in [0.15, 0.2) is 0 Å². The lowest BCUT2D eigenvalue weighted by atomic mass is 9.73. The summed E-state index contributed by atoms with van der Waals surface area (Å²) in [5.74, 6) is 0. The molecular formula is C16H33NO2. The van der Waals surface area contributed by atoms with Gasteiger partial charge in [0.1, 0.15) is 0 Å². The van der Waals surface area contributed by atoms with Crippen LogP contribution in [0.4, 0.5) is 0 Å². The Labute approximate surface area is 119 Å². The van der Waals surface area contributed by atoms with E-state index in [1.165, 1.54) is 0 Å². The van der Waals surface area contributed by atoms with E-state index in [1.807, 2.05) is 0 Å². The Morgan fingerprint density at radius 3 is 2.47 bits per heavy atom. The lowest BCUT2D eigenvalue weighted by molar-refractivity contribution is -0.0431. The molecule has 0 spiro atoms. The van der Waals surface area contributed by atoms with Crippen LogP contribution >= 0.6 is 0 Å². The molecule has 1 aliphatic rings. The van der Waals surface area contributed by atoms with Gasteiger partial charge in [0.05, 0.1) is 12.7 Å². The lowest BCUT2D eigenvalue weighted by Crippen LogP contribution is -2.53. The highest BCUT2D eigenvalue weighted by Crippen LogP contribution is 2.38. The minimum absolute atomic E-state index is 0.175. The first kappa shape index (κ1) is 16.9. The topological polar surface area (TPSA) is 32.7 Å². The van der Waals surface area contributed by atoms with Gasteiger partial charge in [-0.15, -0.1) is 0 Å². The first-order valence-corrected chi connectivity index (χ1v) is 7.88. The first-order valence-electron chi connectivity index (χ1n) is 7.88. The molecule has 1 saturated carbocycles. The summed E-state index contributed by atoms with van der Waals surface area (Å²) in [7, 11) is 1.76. The fourth-order valence-electron chi connectivity index (χ4n) is 3.45. The molecule has 3 heteroatoms. The summed E-state index contributed by atoms with van der Waals surface area (Å²) in [6.45, 7) is 10.8. The average molecular weight is 271 g/mol. The van der Waals surface area contributed by atoms with E-state index in [4.69, 9.17) is 4.74 Å². The van der Waals surface area contributed by atoms with Gasteiger partial charge in [0.25, 0.3) is 0 Å². The van der Waals surface area contributed by atoms with E-state index in [2.05, 4.69) is 32.6 Å². The Bertz CT molecular complexity index is 251. The second-order valence-corrected chi connectivity index (χ2v) is 6.74. The van der Waals surface area contributed by atoms with Crippen LogP contribution in [0.2, 0.25) is 0 Å². The molecule has 0 amide bonds. The van der Waals surface area contributed by atoms with Crippen molar-refractivity contribution in [2.45, 2.75) is 78.0 Å². The summed E-state index contributed by atoms with van der Waals surface area (Å²) in [5.41, 5.74) is 0.348. The molecule has 1 fully saturated rings. The van der Waals surface area contributed by atoms with Gasteiger partial charge in [-0.05, 0) is 37.5 Å². The van der Waals surface area contributed by atoms with Gasteiger partial charge in [-0.25, -0.2) is 0 Å². The molecular weight excluding hydrogens is 238 g/mol. The van der Waals surface area contributed by atoms with Crippen LogP contribution in [-0.2, 0) is 4.74 Å². The van der Waals surface area contributed by atoms with Gasteiger partial charge in [0, 0.05) is 25.7 Å². The fourth-order valence-corrected chi connectivity index (χ4v) is 3.45. The van der Waals surface area contributed by atoms with Gasteiger partial charge >= 0.3 is 0 Å². The largest absolute Gasteiger partial charge is 0.391 e. The van der Waals surface area contributed by atoms with Gasteiger partial charge in [0.15, 0.2) is 0 Å². The molecule has 0 aromatic carbocycles. The quantitative estimate of drug-likeness (QED) is 0.772. The zero-order chi connectivity index (χ0) is 14.5. The highest BCUT2D eigenvalue weighted by molar-refractivity contribution is 4.92. The van der Waals surface area contributed by atoms with Crippen LogP contribution in [0.25, 0.3) is 0 Å². The standard InChI is InChI=1S/C16H33NO2/c1-6-13(7-2)17(10-11-19-5)14-12-16(3,4)9-8-15(14)18/h13-15,18H,6-12H2,1-5H3. The maximum Gasteiger partial charge on any atom is 0.0695 e. The normalized spacial score (nSPS) is 27.2. The minimum Gasteiger partial charge on any atom is -0.391 e. The molecule has 1 rings (SSSR count). The molecule has 0 aromatic heterocycles. The van der Waals surface area contributed by atoms with Crippen molar-refractivity contribution in [1.29, 1.82) is 0 Å². The van der Waals surface area contributed by atoms with E-state index in [0.29, 0.717) is 17.5 Å². The number of rotatable bonds is 7. The van der Waals surface area contributed by atoms with Crippen molar-refractivity contribution in [3.05, 3.63) is 0 Å². The third kappa shape index (κ3) is 4.73. The summed E-state index contributed by atoms with van der Waals surface area (Å²) in [4.78, 5) is 2.51. The van der Waals surface area contributed by atoms with Gasteiger partial charge in [-0.1, -0.05) is 27.7 Å². The van der Waals surface area contributed by atoms with Crippen LogP contribution in [-0.4, -0.2) is 48.5 Å². The van der Waals surface area contributed by atoms with Gasteiger partial charge in [-0.3, -0.25) is 4.90 Å².